The zero-order chi connectivity index (χ0) is 14.4. The number of carbonyl (C=O) groups excluding carboxylic acids is 1. The van der Waals surface area contributed by atoms with Gasteiger partial charge in [0.25, 0.3) is 5.91 Å². The van der Waals surface area contributed by atoms with Crippen molar-refractivity contribution in [3.63, 3.8) is 0 Å². The highest BCUT2D eigenvalue weighted by molar-refractivity contribution is 5.99. The quantitative estimate of drug-likeness (QED) is 0.639. The van der Waals surface area contributed by atoms with Gasteiger partial charge in [0.05, 0.1) is 12.2 Å². The lowest BCUT2D eigenvalue weighted by Gasteiger charge is -2.15. The molecule has 2 rings (SSSR count). The van der Waals surface area contributed by atoms with E-state index in [0.29, 0.717) is 12.1 Å². The molecule has 0 heterocycles. The third-order valence-corrected chi connectivity index (χ3v) is 3.93. The van der Waals surface area contributed by atoms with Crippen LogP contribution in [0.2, 0.25) is 0 Å². The maximum Gasteiger partial charge on any atom is 0.253 e. The molecule has 0 radical (unpaired) electrons. The van der Waals surface area contributed by atoms with Crippen molar-refractivity contribution in [2.24, 2.45) is 5.41 Å². The van der Waals surface area contributed by atoms with Crippen LogP contribution in [0.4, 0.5) is 5.69 Å². The standard InChI is InChI=1S/C16H24N2O2/c1-2-3-10-17-14-7-5-4-6-13(14)15(20)18-11-16(12-19)8-9-16/h4-7,17,19H,2-3,8-12H2,1H3,(H,18,20). The average Bonchev–Trinajstić information content (AvgIpc) is 3.26. The number of nitrogens with one attached hydrogen (secondary N) is 2. The monoisotopic (exact) mass is 276 g/mol. The van der Waals surface area contributed by atoms with Crippen molar-refractivity contribution < 1.29 is 9.90 Å². The van der Waals surface area contributed by atoms with Gasteiger partial charge in [0, 0.05) is 24.2 Å². The summed E-state index contributed by atoms with van der Waals surface area (Å²) in [5, 5.41) is 15.5. The van der Waals surface area contributed by atoms with Crippen LogP contribution in [-0.4, -0.2) is 30.7 Å². The predicted octanol–water partition coefficient (Wildman–Crippen LogP) is 2.40. The number of anilines is 1. The number of hydrogen-bond donors (Lipinski definition) is 3. The van der Waals surface area contributed by atoms with E-state index in [2.05, 4.69) is 17.6 Å². The molecule has 0 unspecified atom stereocenters. The zero-order valence-corrected chi connectivity index (χ0v) is 12.1. The summed E-state index contributed by atoms with van der Waals surface area (Å²) in [5.74, 6) is -0.0654. The summed E-state index contributed by atoms with van der Waals surface area (Å²) in [6, 6.07) is 7.58. The third-order valence-electron chi connectivity index (χ3n) is 3.93. The number of aliphatic hydroxyl groups excluding tert-OH is 1. The summed E-state index contributed by atoms with van der Waals surface area (Å²) in [6.07, 6.45) is 4.21. The van der Waals surface area contributed by atoms with Crippen molar-refractivity contribution in [2.75, 3.05) is 25.0 Å². The van der Waals surface area contributed by atoms with Gasteiger partial charge in [-0.1, -0.05) is 25.5 Å². The first kappa shape index (κ1) is 14.9. The van der Waals surface area contributed by atoms with Gasteiger partial charge in [-0.2, -0.15) is 0 Å². The molecular formula is C16H24N2O2. The van der Waals surface area contributed by atoms with Crippen LogP contribution in [0.1, 0.15) is 43.0 Å². The molecule has 1 saturated carbocycles. The average molecular weight is 276 g/mol. The van der Waals surface area contributed by atoms with Gasteiger partial charge >= 0.3 is 0 Å². The van der Waals surface area contributed by atoms with Crippen molar-refractivity contribution in [1.29, 1.82) is 0 Å². The van der Waals surface area contributed by atoms with Crippen LogP contribution >= 0.6 is 0 Å². The molecule has 3 N–H and O–H groups in total. The van der Waals surface area contributed by atoms with Crippen molar-refractivity contribution in [2.45, 2.75) is 32.6 Å². The lowest BCUT2D eigenvalue weighted by molar-refractivity contribution is 0.0936. The molecule has 0 bridgehead atoms. The molecule has 1 aromatic rings. The summed E-state index contributed by atoms with van der Waals surface area (Å²) in [5.41, 5.74) is 1.50. The predicted molar refractivity (Wildman–Crippen MR) is 80.9 cm³/mol. The highest BCUT2D eigenvalue weighted by atomic mass is 16.3. The van der Waals surface area contributed by atoms with Gasteiger partial charge in [0.1, 0.15) is 0 Å². The van der Waals surface area contributed by atoms with Gasteiger partial charge in [0.15, 0.2) is 0 Å². The SMILES string of the molecule is CCCCNc1ccccc1C(=O)NCC1(CO)CC1. The first-order valence-electron chi connectivity index (χ1n) is 7.43. The molecule has 1 aromatic carbocycles. The van der Waals surface area contributed by atoms with Crippen LogP contribution in [0.5, 0.6) is 0 Å². The summed E-state index contributed by atoms with van der Waals surface area (Å²) < 4.78 is 0. The minimum atomic E-state index is -0.0654. The van der Waals surface area contributed by atoms with Crippen LogP contribution in [0.3, 0.4) is 0 Å². The Morgan fingerprint density at radius 1 is 1.35 bits per heavy atom. The molecule has 0 aromatic heterocycles. The maximum atomic E-state index is 12.3. The van der Waals surface area contributed by atoms with Gasteiger partial charge < -0.3 is 15.7 Å². The molecule has 1 aliphatic rings. The van der Waals surface area contributed by atoms with E-state index in [0.717, 1.165) is 37.9 Å². The zero-order valence-electron chi connectivity index (χ0n) is 12.1. The second-order valence-corrected chi connectivity index (χ2v) is 5.67. The van der Waals surface area contributed by atoms with Gasteiger partial charge in [-0.05, 0) is 31.4 Å². The second kappa shape index (κ2) is 6.75. The van der Waals surface area contributed by atoms with E-state index >= 15 is 0 Å². The number of hydrogen-bond acceptors (Lipinski definition) is 3. The number of carbonyl (C=O) groups is 1. The number of rotatable bonds is 8. The van der Waals surface area contributed by atoms with Gasteiger partial charge in [-0.15, -0.1) is 0 Å². The van der Waals surface area contributed by atoms with Crippen molar-refractivity contribution in [3.8, 4) is 0 Å². The molecule has 4 nitrogen and oxygen atoms in total. The minimum Gasteiger partial charge on any atom is -0.396 e. The molecule has 0 atom stereocenters. The van der Waals surface area contributed by atoms with E-state index in [1.807, 2.05) is 24.3 Å². The summed E-state index contributed by atoms with van der Waals surface area (Å²) in [4.78, 5) is 12.3. The molecular weight excluding hydrogens is 252 g/mol. The Labute approximate surface area is 120 Å². The van der Waals surface area contributed by atoms with E-state index in [1.165, 1.54) is 0 Å². The Kier molecular flexibility index (Phi) is 5.01. The Bertz CT molecular complexity index is 456. The van der Waals surface area contributed by atoms with Crippen LogP contribution in [0.15, 0.2) is 24.3 Å². The number of aliphatic hydroxyl groups is 1. The van der Waals surface area contributed by atoms with E-state index in [-0.39, 0.29) is 17.9 Å². The number of para-hydroxylation sites is 1. The minimum absolute atomic E-state index is 0.0553. The molecule has 1 aliphatic carbocycles. The maximum absolute atomic E-state index is 12.3. The van der Waals surface area contributed by atoms with Crippen LogP contribution in [0, 0.1) is 5.41 Å². The number of amides is 1. The molecule has 0 aliphatic heterocycles. The summed E-state index contributed by atoms with van der Waals surface area (Å²) in [6.45, 7) is 3.74. The third kappa shape index (κ3) is 3.73. The van der Waals surface area contributed by atoms with Gasteiger partial charge in [-0.25, -0.2) is 0 Å². The first-order chi connectivity index (χ1) is 9.71. The molecule has 4 heteroatoms. The summed E-state index contributed by atoms with van der Waals surface area (Å²) >= 11 is 0. The molecule has 20 heavy (non-hydrogen) atoms. The summed E-state index contributed by atoms with van der Waals surface area (Å²) in [7, 11) is 0. The Morgan fingerprint density at radius 2 is 2.10 bits per heavy atom. The number of benzene rings is 1. The fourth-order valence-corrected chi connectivity index (χ4v) is 2.17. The van der Waals surface area contributed by atoms with Crippen LogP contribution in [0.25, 0.3) is 0 Å². The Morgan fingerprint density at radius 3 is 2.75 bits per heavy atom. The number of unbranched alkanes of at least 4 members (excludes halogenated alkanes) is 1. The first-order valence-corrected chi connectivity index (χ1v) is 7.43. The molecule has 1 fully saturated rings. The lowest BCUT2D eigenvalue weighted by Crippen LogP contribution is -2.32. The van der Waals surface area contributed by atoms with Crippen molar-refractivity contribution in [3.05, 3.63) is 29.8 Å². The molecule has 0 spiro atoms. The van der Waals surface area contributed by atoms with E-state index in [4.69, 9.17) is 0 Å². The fourth-order valence-electron chi connectivity index (χ4n) is 2.17. The Balaban J connectivity index is 1.94. The van der Waals surface area contributed by atoms with Gasteiger partial charge in [-0.3, -0.25) is 4.79 Å². The van der Waals surface area contributed by atoms with Crippen LogP contribution < -0.4 is 10.6 Å². The highest BCUT2D eigenvalue weighted by Gasteiger charge is 2.42. The van der Waals surface area contributed by atoms with Crippen molar-refractivity contribution in [1.82, 2.24) is 5.32 Å². The van der Waals surface area contributed by atoms with Crippen LogP contribution in [-0.2, 0) is 0 Å². The fraction of sp³-hybridized carbons (Fsp3) is 0.562. The normalized spacial score (nSPS) is 15.7. The van der Waals surface area contributed by atoms with E-state index in [9.17, 15) is 9.90 Å². The lowest BCUT2D eigenvalue weighted by atomic mass is 10.1. The smallest absolute Gasteiger partial charge is 0.253 e. The topological polar surface area (TPSA) is 61.4 Å². The molecule has 0 saturated heterocycles. The van der Waals surface area contributed by atoms with Crippen molar-refractivity contribution >= 4 is 11.6 Å². The Hall–Kier alpha value is -1.55. The molecule has 110 valence electrons. The van der Waals surface area contributed by atoms with Gasteiger partial charge in [0.2, 0.25) is 0 Å². The largest absolute Gasteiger partial charge is 0.396 e. The highest BCUT2D eigenvalue weighted by Crippen LogP contribution is 2.44. The van der Waals surface area contributed by atoms with E-state index < -0.39 is 0 Å². The molecule has 1 amide bonds. The van der Waals surface area contributed by atoms with E-state index in [1.54, 1.807) is 0 Å². The second-order valence-electron chi connectivity index (χ2n) is 5.67.